The first-order chi connectivity index (χ1) is 4.34. The third-order valence-corrected chi connectivity index (χ3v) is 1.93. The fourth-order valence-electron chi connectivity index (χ4n) is 0.597. The zero-order valence-electron chi connectivity index (χ0n) is 4.87. The molecule has 0 unspecified atom stereocenters. The van der Waals surface area contributed by atoms with Gasteiger partial charge in [-0.1, -0.05) is 0 Å². The van der Waals surface area contributed by atoms with Crippen LogP contribution in [0.5, 0.6) is 0 Å². The molecule has 1 aliphatic rings. The highest BCUT2D eigenvalue weighted by Crippen LogP contribution is 2.20. The summed E-state index contributed by atoms with van der Waals surface area (Å²) in [5.41, 5.74) is 0.836. The first-order valence-corrected chi connectivity index (χ1v) is 3.69. The van der Waals surface area contributed by atoms with Crippen molar-refractivity contribution in [3.05, 3.63) is 22.8 Å². The predicted molar refractivity (Wildman–Crippen MR) is 38.3 cm³/mol. The third kappa shape index (κ3) is 1.50. The lowest BCUT2D eigenvalue weighted by molar-refractivity contribution is 0.251. The number of hydrogen-bond donors (Lipinski definition) is 2. The summed E-state index contributed by atoms with van der Waals surface area (Å²) in [5, 5.41) is 19.3. The second-order valence-corrected chi connectivity index (χ2v) is 2.64. The lowest BCUT2D eigenvalue weighted by Gasteiger charge is -1.95. The minimum atomic E-state index is -0.250. The van der Waals surface area contributed by atoms with Crippen molar-refractivity contribution in [2.24, 2.45) is 0 Å². The molecule has 0 saturated heterocycles. The number of thioether (sulfide) groups is 1. The minimum Gasteiger partial charge on any atom is -0.510 e. The first-order valence-electron chi connectivity index (χ1n) is 2.64. The summed E-state index contributed by atoms with van der Waals surface area (Å²) in [7, 11) is 0. The van der Waals surface area contributed by atoms with E-state index >= 15 is 0 Å². The Hall–Kier alpha value is -0.410. The lowest BCUT2D eigenvalue weighted by atomic mass is 10.2. The van der Waals surface area contributed by atoms with Gasteiger partial charge in [-0.15, -0.1) is 11.8 Å². The predicted octanol–water partition coefficient (Wildman–Crippen LogP) is 1.05. The molecule has 0 saturated carbocycles. The molecule has 0 atom stereocenters. The van der Waals surface area contributed by atoms with E-state index in [1.54, 1.807) is 11.8 Å². The highest BCUT2D eigenvalue weighted by molar-refractivity contribution is 8.02. The summed E-state index contributed by atoms with van der Waals surface area (Å²) in [6, 6.07) is 0. The summed E-state index contributed by atoms with van der Waals surface area (Å²) < 4.78 is 0. The van der Waals surface area contributed by atoms with Crippen LogP contribution < -0.4 is 0 Å². The Morgan fingerprint density at radius 3 is 3.00 bits per heavy atom. The van der Waals surface area contributed by atoms with Crippen molar-refractivity contribution in [1.82, 2.24) is 0 Å². The van der Waals surface area contributed by atoms with Gasteiger partial charge in [-0.05, 0) is 11.5 Å². The maximum atomic E-state index is 8.92. The molecular weight excluding hydrogens is 136 g/mol. The van der Waals surface area contributed by atoms with E-state index < -0.39 is 0 Å². The van der Waals surface area contributed by atoms with Crippen molar-refractivity contribution in [3.8, 4) is 0 Å². The summed E-state index contributed by atoms with van der Waals surface area (Å²) in [4.78, 5) is 0. The molecule has 0 aromatic carbocycles. The molecule has 1 heterocycles. The van der Waals surface area contributed by atoms with Gasteiger partial charge < -0.3 is 10.2 Å². The molecule has 0 fully saturated rings. The number of aliphatic hydroxyl groups excluding tert-OH is 2. The van der Waals surface area contributed by atoms with Gasteiger partial charge in [0, 0.05) is 11.3 Å². The maximum absolute atomic E-state index is 8.92. The Bertz CT molecular complexity index is 160. The Balaban J connectivity index is 2.68. The third-order valence-electron chi connectivity index (χ3n) is 1.12. The largest absolute Gasteiger partial charge is 0.510 e. The molecule has 0 aliphatic carbocycles. The number of aliphatic hydroxyl groups is 2. The van der Waals surface area contributed by atoms with Gasteiger partial charge in [-0.3, -0.25) is 0 Å². The molecule has 9 heavy (non-hydrogen) atoms. The molecule has 50 valence electrons. The zero-order chi connectivity index (χ0) is 6.69. The highest BCUT2D eigenvalue weighted by Gasteiger charge is 2.04. The first kappa shape index (κ1) is 6.71. The fourth-order valence-corrected chi connectivity index (χ4v) is 1.40. The Morgan fingerprint density at radius 2 is 2.56 bits per heavy atom. The molecule has 0 aromatic heterocycles. The highest BCUT2D eigenvalue weighted by atomic mass is 32.2. The van der Waals surface area contributed by atoms with Crippen molar-refractivity contribution in [1.29, 1.82) is 0 Å². The van der Waals surface area contributed by atoms with Gasteiger partial charge >= 0.3 is 0 Å². The van der Waals surface area contributed by atoms with Gasteiger partial charge in [0.1, 0.15) is 12.4 Å². The van der Waals surface area contributed by atoms with Crippen molar-refractivity contribution < 1.29 is 10.2 Å². The van der Waals surface area contributed by atoms with E-state index in [1.165, 1.54) is 0 Å². The van der Waals surface area contributed by atoms with Gasteiger partial charge in [0.05, 0.1) is 0 Å². The molecule has 0 amide bonds. The zero-order valence-corrected chi connectivity index (χ0v) is 5.69. The van der Waals surface area contributed by atoms with E-state index in [0.717, 1.165) is 11.3 Å². The van der Waals surface area contributed by atoms with E-state index in [2.05, 4.69) is 0 Å². The van der Waals surface area contributed by atoms with Crippen LogP contribution >= 0.6 is 11.8 Å². The summed E-state index contributed by atoms with van der Waals surface area (Å²) in [5.74, 6) is 0.878. The quantitative estimate of drug-likeness (QED) is 0.540. The van der Waals surface area contributed by atoms with Gasteiger partial charge in [-0.2, -0.15) is 0 Å². The molecule has 2 N–H and O–H groups in total. The van der Waals surface area contributed by atoms with Gasteiger partial charge in [0.25, 0.3) is 0 Å². The van der Waals surface area contributed by atoms with Crippen LogP contribution in [0.4, 0.5) is 0 Å². The van der Waals surface area contributed by atoms with Crippen LogP contribution in [0.25, 0.3) is 0 Å². The average molecular weight is 144 g/mol. The van der Waals surface area contributed by atoms with Crippen LogP contribution in [0.3, 0.4) is 0 Å². The van der Waals surface area contributed by atoms with Crippen molar-refractivity contribution >= 4 is 11.8 Å². The molecule has 3 heteroatoms. The Labute approximate surface area is 57.9 Å². The van der Waals surface area contributed by atoms with Crippen LogP contribution in [-0.4, -0.2) is 22.6 Å². The number of allylic oxidation sites excluding steroid dienone is 1. The van der Waals surface area contributed by atoms with Crippen molar-refractivity contribution in [2.45, 2.75) is 0 Å². The van der Waals surface area contributed by atoms with Gasteiger partial charge in [0.2, 0.25) is 0 Å². The van der Waals surface area contributed by atoms with E-state index in [9.17, 15) is 0 Å². The molecule has 2 nitrogen and oxygen atoms in total. The second kappa shape index (κ2) is 2.94. The number of rotatable bonds is 1. The van der Waals surface area contributed by atoms with Gasteiger partial charge in [0.15, 0.2) is 0 Å². The van der Waals surface area contributed by atoms with Crippen LogP contribution in [0, 0.1) is 0 Å². The van der Waals surface area contributed by atoms with E-state index in [1.807, 2.05) is 11.5 Å². The van der Waals surface area contributed by atoms with Crippen molar-refractivity contribution in [3.63, 3.8) is 0 Å². The van der Waals surface area contributed by atoms with Crippen molar-refractivity contribution in [2.75, 3.05) is 12.4 Å². The SMILES string of the molecule is OCC(O)=C1C=CSC1. The monoisotopic (exact) mass is 144 g/mol. The topological polar surface area (TPSA) is 40.5 Å². The lowest BCUT2D eigenvalue weighted by Crippen LogP contribution is -1.93. The second-order valence-electron chi connectivity index (χ2n) is 1.74. The van der Waals surface area contributed by atoms with Crippen LogP contribution in [0.1, 0.15) is 0 Å². The van der Waals surface area contributed by atoms with Crippen LogP contribution in [0.2, 0.25) is 0 Å². The summed E-state index contributed by atoms with van der Waals surface area (Å²) in [6.07, 6.45) is 1.82. The molecule has 1 rings (SSSR count). The molecule has 1 aliphatic heterocycles. The van der Waals surface area contributed by atoms with E-state index in [4.69, 9.17) is 10.2 Å². The van der Waals surface area contributed by atoms with Gasteiger partial charge in [-0.25, -0.2) is 0 Å². The Morgan fingerprint density at radius 1 is 1.78 bits per heavy atom. The smallest absolute Gasteiger partial charge is 0.122 e. The molecule has 0 spiro atoms. The standard InChI is InChI=1S/C6H8O2S/c7-3-6(8)5-1-2-9-4-5/h1-2,7-8H,3-4H2. The van der Waals surface area contributed by atoms with Crippen LogP contribution in [-0.2, 0) is 0 Å². The molecule has 0 radical (unpaired) electrons. The molecule has 0 aromatic rings. The normalized spacial score (nSPS) is 22.8. The average Bonchev–Trinajstić information content (AvgIpc) is 2.37. The van der Waals surface area contributed by atoms with E-state index in [0.29, 0.717) is 0 Å². The summed E-state index contributed by atoms with van der Waals surface area (Å²) in [6.45, 7) is -0.250. The summed E-state index contributed by atoms with van der Waals surface area (Å²) >= 11 is 1.62. The maximum Gasteiger partial charge on any atom is 0.122 e. The molecular formula is C6H8O2S. The Kier molecular flexibility index (Phi) is 2.19. The minimum absolute atomic E-state index is 0.0938. The molecule has 0 bridgehead atoms. The van der Waals surface area contributed by atoms with E-state index in [-0.39, 0.29) is 12.4 Å². The van der Waals surface area contributed by atoms with Crippen LogP contribution in [0.15, 0.2) is 22.8 Å². The number of hydrogen-bond acceptors (Lipinski definition) is 3. The fraction of sp³-hybridized carbons (Fsp3) is 0.333.